The minimum Gasteiger partial charge on any atom is -0.480 e. The second-order valence-electron chi connectivity index (χ2n) is 4.48. The molecule has 2 aromatic carbocycles. The van der Waals surface area contributed by atoms with Gasteiger partial charge in [-0.05, 0) is 51.8 Å². The molecule has 21 heavy (non-hydrogen) atoms. The zero-order valence-corrected chi connectivity index (χ0v) is 13.2. The summed E-state index contributed by atoms with van der Waals surface area (Å²) < 4.78 is 13.6. The number of anilines is 1. The number of carboxylic acids is 1. The lowest BCUT2D eigenvalue weighted by Gasteiger charge is -2.23. The summed E-state index contributed by atoms with van der Waals surface area (Å²) in [5.41, 5.74) is 1.50. The first-order valence-corrected chi connectivity index (χ1v) is 7.29. The maximum Gasteiger partial charge on any atom is 0.323 e. The molecule has 6 heteroatoms. The predicted molar refractivity (Wildman–Crippen MR) is 84.2 cm³/mol. The quantitative estimate of drug-likeness (QED) is 0.849. The SMILES string of the molecule is O=C(O)CN(Cc1ccc(F)c(Br)c1)c1cccc(Cl)c1. The minimum atomic E-state index is -0.948. The first-order chi connectivity index (χ1) is 9.95. The van der Waals surface area contributed by atoms with Crippen LogP contribution in [0, 0.1) is 5.82 Å². The Morgan fingerprint density at radius 3 is 2.67 bits per heavy atom. The van der Waals surface area contributed by atoms with E-state index in [0.717, 1.165) is 5.56 Å². The average molecular weight is 373 g/mol. The highest BCUT2D eigenvalue weighted by Crippen LogP contribution is 2.23. The van der Waals surface area contributed by atoms with Crippen LogP contribution in [0.3, 0.4) is 0 Å². The van der Waals surface area contributed by atoms with E-state index in [1.807, 2.05) is 0 Å². The maximum atomic E-state index is 13.3. The van der Waals surface area contributed by atoms with E-state index >= 15 is 0 Å². The van der Waals surface area contributed by atoms with Crippen molar-refractivity contribution in [2.45, 2.75) is 6.54 Å². The third-order valence-corrected chi connectivity index (χ3v) is 3.70. The lowest BCUT2D eigenvalue weighted by atomic mass is 10.2. The van der Waals surface area contributed by atoms with Crippen molar-refractivity contribution in [3.05, 3.63) is 63.3 Å². The van der Waals surface area contributed by atoms with Crippen LogP contribution < -0.4 is 4.90 Å². The van der Waals surface area contributed by atoms with Gasteiger partial charge in [-0.15, -0.1) is 0 Å². The van der Waals surface area contributed by atoms with Gasteiger partial charge >= 0.3 is 5.97 Å². The van der Waals surface area contributed by atoms with Crippen molar-refractivity contribution >= 4 is 39.2 Å². The monoisotopic (exact) mass is 371 g/mol. The van der Waals surface area contributed by atoms with Crippen LogP contribution in [0.1, 0.15) is 5.56 Å². The van der Waals surface area contributed by atoms with Gasteiger partial charge in [-0.25, -0.2) is 4.39 Å². The average Bonchev–Trinajstić information content (AvgIpc) is 2.42. The predicted octanol–water partition coefficient (Wildman–Crippen LogP) is 4.33. The fraction of sp³-hybridized carbons (Fsp3) is 0.133. The second-order valence-corrected chi connectivity index (χ2v) is 5.77. The highest BCUT2D eigenvalue weighted by Gasteiger charge is 2.12. The van der Waals surface area contributed by atoms with E-state index in [1.165, 1.54) is 6.07 Å². The van der Waals surface area contributed by atoms with Gasteiger partial charge in [0.15, 0.2) is 0 Å². The van der Waals surface area contributed by atoms with Crippen molar-refractivity contribution < 1.29 is 14.3 Å². The van der Waals surface area contributed by atoms with E-state index in [9.17, 15) is 9.18 Å². The number of rotatable bonds is 5. The standard InChI is InChI=1S/C15H12BrClFNO2/c16-13-6-10(4-5-14(13)18)8-19(9-15(20)21)12-3-1-2-11(17)7-12/h1-7H,8-9H2,(H,20,21). The fourth-order valence-corrected chi connectivity index (χ4v) is 2.54. The third kappa shape index (κ3) is 4.44. The van der Waals surface area contributed by atoms with Crippen molar-refractivity contribution in [3.8, 4) is 0 Å². The van der Waals surface area contributed by atoms with Crippen molar-refractivity contribution in [1.82, 2.24) is 0 Å². The van der Waals surface area contributed by atoms with Crippen molar-refractivity contribution in [2.24, 2.45) is 0 Å². The van der Waals surface area contributed by atoms with E-state index in [2.05, 4.69) is 15.9 Å². The molecular formula is C15H12BrClFNO2. The summed E-state index contributed by atoms with van der Waals surface area (Å²) in [7, 11) is 0. The van der Waals surface area contributed by atoms with Crippen molar-refractivity contribution in [3.63, 3.8) is 0 Å². The molecule has 0 spiro atoms. The van der Waals surface area contributed by atoms with Gasteiger partial charge in [-0.2, -0.15) is 0 Å². The van der Waals surface area contributed by atoms with E-state index in [-0.39, 0.29) is 12.4 Å². The third-order valence-electron chi connectivity index (χ3n) is 2.86. The van der Waals surface area contributed by atoms with Gasteiger partial charge in [0.05, 0.1) is 4.47 Å². The number of hydrogen-bond acceptors (Lipinski definition) is 2. The van der Waals surface area contributed by atoms with E-state index in [1.54, 1.807) is 41.3 Å². The number of halogens is 3. The molecule has 0 aliphatic rings. The lowest BCUT2D eigenvalue weighted by Crippen LogP contribution is -2.29. The summed E-state index contributed by atoms with van der Waals surface area (Å²) in [6, 6.07) is 11.6. The molecule has 0 saturated heterocycles. The molecule has 110 valence electrons. The van der Waals surface area contributed by atoms with Crippen molar-refractivity contribution in [2.75, 3.05) is 11.4 Å². The highest BCUT2D eigenvalue weighted by molar-refractivity contribution is 9.10. The molecule has 0 unspecified atom stereocenters. The molecular weight excluding hydrogens is 361 g/mol. The number of nitrogens with zero attached hydrogens (tertiary/aromatic N) is 1. The van der Waals surface area contributed by atoms with Crippen molar-refractivity contribution in [1.29, 1.82) is 0 Å². The molecule has 0 atom stereocenters. The van der Waals surface area contributed by atoms with Gasteiger partial charge in [0.2, 0.25) is 0 Å². The van der Waals surface area contributed by atoms with Crippen LogP contribution in [0.15, 0.2) is 46.9 Å². The Hall–Kier alpha value is -1.59. The Kier molecular flexibility index (Phi) is 5.20. The molecule has 0 radical (unpaired) electrons. The Morgan fingerprint density at radius 1 is 1.29 bits per heavy atom. The molecule has 3 nitrogen and oxygen atoms in total. The zero-order chi connectivity index (χ0) is 15.4. The summed E-state index contributed by atoms with van der Waals surface area (Å²) in [5.74, 6) is -1.30. The topological polar surface area (TPSA) is 40.5 Å². The largest absolute Gasteiger partial charge is 0.480 e. The molecule has 0 heterocycles. The number of aliphatic carboxylic acids is 1. The van der Waals surface area contributed by atoms with Crippen LogP contribution >= 0.6 is 27.5 Å². The van der Waals surface area contributed by atoms with Crippen LogP contribution in [0.25, 0.3) is 0 Å². The molecule has 1 N–H and O–H groups in total. The summed E-state index contributed by atoms with van der Waals surface area (Å²) in [6.45, 7) is 0.168. The molecule has 0 amide bonds. The molecule has 0 aromatic heterocycles. The van der Waals surface area contributed by atoms with Crippen LogP contribution in [0.5, 0.6) is 0 Å². The van der Waals surface area contributed by atoms with Gasteiger partial charge in [0, 0.05) is 17.3 Å². The van der Waals surface area contributed by atoms with E-state index < -0.39 is 5.97 Å². The van der Waals surface area contributed by atoms with Crippen LogP contribution in [0.2, 0.25) is 5.02 Å². The number of carboxylic acid groups (broad SMARTS) is 1. The van der Waals surface area contributed by atoms with Gasteiger partial charge < -0.3 is 10.0 Å². The summed E-state index contributed by atoms with van der Waals surface area (Å²) in [5, 5.41) is 9.58. The first kappa shape index (κ1) is 15.8. The smallest absolute Gasteiger partial charge is 0.323 e. The Bertz CT molecular complexity index is 666. The fourth-order valence-electron chi connectivity index (χ4n) is 1.93. The molecule has 0 aliphatic carbocycles. The normalized spacial score (nSPS) is 10.4. The number of carbonyl (C=O) groups is 1. The summed E-state index contributed by atoms with van der Waals surface area (Å²) in [4.78, 5) is 12.7. The van der Waals surface area contributed by atoms with Gasteiger partial charge in [0.25, 0.3) is 0 Å². The summed E-state index contributed by atoms with van der Waals surface area (Å²) >= 11 is 9.07. The van der Waals surface area contributed by atoms with Gasteiger partial charge in [-0.1, -0.05) is 23.7 Å². The Labute approximate surface area is 135 Å². The van der Waals surface area contributed by atoms with Gasteiger partial charge in [0.1, 0.15) is 12.4 Å². The minimum absolute atomic E-state index is 0.171. The van der Waals surface area contributed by atoms with E-state index in [0.29, 0.717) is 21.7 Å². The number of benzene rings is 2. The molecule has 0 fully saturated rings. The lowest BCUT2D eigenvalue weighted by molar-refractivity contribution is -0.135. The van der Waals surface area contributed by atoms with Crippen LogP contribution in [0.4, 0.5) is 10.1 Å². The molecule has 0 bridgehead atoms. The highest BCUT2D eigenvalue weighted by atomic mass is 79.9. The summed E-state index contributed by atoms with van der Waals surface area (Å²) in [6.07, 6.45) is 0. The van der Waals surface area contributed by atoms with Crippen LogP contribution in [-0.2, 0) is 11.3 Å². The van der Waals surface area contributed by atoms with Crippen LogP contribution in [-0.4, -0.2) is 17.6 Å². The zero-order valence-electron chi connectivity index (χ0n) is 10.9. The molecule has 0 aliphatic heterocycles. The Morgan fingerprint density at radius 2 is 2.05 bits per heavy atom. The molecule has 2 aromatic rings. The maximum absolute atomic E-state index is 13.3. The molecule has 2 rings (SSSR count). The molecule has 0 saturated carbocycles. The van der Waals surface area contributed by atoms with E-state index in [4.69, 9.17) is 16.7 Å². The number of hydrogen-bond donors (Lipinski definition) is 1. The first-order valence-electron chi connectivity index (χ1n) is 6.12. The Balaban J connectivity index is 2.27. The second kappa shape index (κ2) is 6.91. The van der Waals surface area contributed by atoms with Gasteiger partial charge in [-0.3, -0.25) is 4.79 Å².